The van der Waals surface area contributed by atoms with Gasteiger partial charge in [-0.1, -0.05) is 44.2 Å². The summed E-state index contributed by atoms with van der Waals surface area (Å²) in [5.74, 6) is -1.48. The summed E-state index contributed by atoms with van der Waals surface area (Å²) in [6, 6.07) is 17.4. The number of carbonyl (C=O) groups excluding carboxylic acids is 2. The summed E-state index contributed by atoms with van der Waals surface area (Å²) in [5.41, 5.74) is 7.00. The number of hydrogen-bond donors (Lipinski definition) is 1. The van der Waals surface area contributed by atoms with Crippen LogP contribution < -0.4 is 10.1 Å². The molecule has 1 N–H and O–H groups in total. The van der Waals surface area contributed by atoms with Crippen molar-refractivity contribution in [2.45, 2.75) is 110 Å². The van der Waals surface area contributed by atoms with Crippen LogP contribution in [0.15, 0.2) is 72.8 Å². The zero-order chi connectivity index (χ0) is 40.4. The number of esters is 1. The molecule has 12 heteroatoms. The van der Waals surface area contributed by atoms with Crippen molar-refractivity contribution in [1.82, 2.24) is 4.98 Å². The Bertz CT molecular complexity index is 2140. The van der Waals surface area contributed by atoms with Crippen molar-refractivity contribution in [1.29, 1.82) is 0 Å². The Morgan fingerprint density at radius 3 is 2.43 bits per heavy atom. The number of carbonyl (C=O) groups is 2. The number of nitrogens with zero attached hydrogens (tertiary/aromatic N) is 2. The molecule has 6 rings (SSSR count). The number of halogens is 1. The summed E-state index contributed by atoms with van der Waals surface area (Å²) in [4.78, 5) is 41.6. The van der Waals surface area contributed by atoms with Crippen LogP contribution in [0.2, 0.25) is 0 Å². The van der Waals surface area contributed by atoms with E-state index in [-0.39, 0.29) is 41.7 Å². The SMILES string of the molecule is CC(C)c1nc2c(c(-c3ccc(F)cc3)c1/C=C/[C@@H]1C[C@H](CC(=O)OC(C)(C)C)OC(C)(C)O1)CCCc1ccc(NC(=O)Oc3ccc([N+](=O)[O-])cc3)cc1-2. The third kappa shape index (κ3) is 9.85. The fraction of sp³-hybridized carbons (Fsp3) is 0.386. The number of rotatable bonds is 9. The van der Waals surface area contributed by atoms with Crippen molar-refractivity contribution in [2.75, 3.05) is 5.32 Å². The summed E-state index contributed by atoms with van der Waals surface area (Å²) in [6.45, 7) is 13.3. The predicted molar refractivity (Wildman–Crippen MR) is 212 cm³/mol. The predicted octanol–water partition coefficient (Wildman–Crippen LogP) is 10.3. The minimum Gasteiger partial charge on any atom is -0.460 e. The third-order valence-electron chi connectivity index (χ3n) is 9.46. The van der Waals surface area contributed by atoms with Gasteiger partial charge in [0.15, 0.2) is 5.79 Å². The molecule has 0 saturated carbocycles. The molecule has 0 bridgehead atoms. The van der Waals surface area contributed by atoms with Crippen molar-refractivity contribution in [3.05, 3.63) is 111 Å². The Morgan fingerprint density at radius 2 is 1.77 bits per heavy atom. The van der Waals surface area contributed by atoms with Gasteiger partial charge in [-0.2, -0.15) is 0 Å². The monoisotopic (exact) mass is 765 g/mol. The van der Waals surface area contributed by atoms with Crippen LogP contribution in [-0.4, -0.2) is 45.6 Å². The number of nitrogens with one attached hydrogen (secondary N) is 1. The molecule has 2 heterocycles. The number of nitro groups is 1. The van der Waals surface area contributed by atoms with Crippen LogP contribution in [0.3, 0.4) is 0 Å². The number of non-ortho nitro benzene ring substituents is 1. The molecule has 0 radical (unpaired) electrons. The molecule has 1 saturated heterocycles. The molecule has 56 heavy (non-hydrogen) atoms. The van der Waals surface area contributed by atoms with Crippen molar-refractivity contribution >= 4 is 29.5 Å². The highest BCUT2D eigenvalue weighted by Crippen LogP contribution is 2.43. The van der Waals surface area contributed by atoms with Crippen LogP contribution in [0.4, 0.5) is 20.6 Å². The van der Waals surface area contributed by atoms with Crippen LogP contribution in [0, 0.1) is 15.9 Å². The van der Waals surface area contributed by atoms with E-state index >= 15 is 0 Å². The lowest BCUT2D eigenvalue weighted by Crippen LogP contribution is -2.45. The largest absolute Gasteiger partial charge is 0.460 e. The summed E-state index contributed by atoms with van der Waals surface area (Å²) in [5, 5.41) is 13.8. The van der Waals surface area contributed by atoms with E-state index in [0.717, 1.165) is 57.6 Å². The van der Waals surface area contributed by atoms with Gasteiger partial charge in [0.2, 0.25) is 0 Å². The van der Waals surface area contributed by atoms with Gasteiger partial charge in [0.25, 0.3) is 5.69 Å². The van der Waals surface area contributed by atoms with Crippen molar-refractivity contribution < 1.29 is 37.9 Å². The number of amides is 1. The van der Waals surface area contributed by atoms with Gasteiger partial charge >= 0.3 is 12.1 Å². The zero-order valence-electron chi connectivity index (χ0n) is 32.8. The molecule has 1 aromatic heterocycles. The Labute approximate surface area is 326 Å². The topological polar surface area (TPSA) is 139 Å². The number of hydrogen-bond acceptors (Lipinski definition) is 9. The highest BCUT2D eigenvalue weighted by atomic mass is 19.1. The number of benzene rings is 3. The van der Waals surface area contributed by atoms with E-state index in [1.165, 1.54) is 36.4 Å². The van der Waals surface area contributed by atoms with E-state index in [4.69, 9.17) is 23.9 Å². The molecule has 2 aliphatic rings. The lowest BCUT2D eigenvalue weighted by molar-refractivity contribution is -0.384. The normalized spacial score (nSPS) is 17.8. The lowest BCUT2D eigenvalue weighted by Gasteiger charge is -2.40. The van der Waals surface area contributed by atoms with E-state index in [1.807, 2.05) is 65.0 Å². The molecule has 1 aliphatic carbocycles. The molecular formula is C44H48FN3O8. The number of ether oxygens (including phenoxy) is 4. The van der Waals surface area contributed by atoms with E-state index in [0.29, 0.717) is 18.5 Å². The zero-order valence-corrected chi connectivity index (χ0v) is 32.8. The lowest BCUT2D eigenvalue weighted by atomic mass is 9.86. The Morgan fingerprint density at radius 1 is 1.05 bits per heavy atom. The van der Waals surface area contributed by atoms with Crippen molar-refractivity contribution in [2.24, 2.45) is 0 Å². The summed E-state index contributed by atoms with van der Waals surface area (Å²) in [6.07, 6.45) is 5.33. The van der Waals surface area contributed by atoms with Crippen LogP contribution >= 0.6 is 0 Å². The van der Waals surface area contributed by atoms with Crippen LogP contribution in [0.5, 0.6) is 5.75 Å². The molecule has 0 spiro atoms. The summed E-state index contributed by atoms with van der Waals surface area (Å²) in [7, 11) is 0. The minimum absolute atomic E-state index is 0.0178. The van der Waals surface area contributed by atoms with Gasteiger partial charge in [0.05, 0.1) is 34.9 Å². The van der Waals surface area contributed by atoms with E-state index < -0.39 is 28.5 Å². The average Bonchev–Trinajstić information content (AvgIpc) is 3.28. The number of fused-ring (bicyclic) bond motifs is 3. The number of pyridine rings is 1. The second-order valence-electron chi connectivity index (χ2n) is 15.9. The van der Waals surface area contributed by atoms with E-state index in [2.05, 4.69) is 19.2 Å². The maximum Gasteiger partial charge on any atom is 0.417 e. The van der Waals surface area contributed by atoms with Crippen molar-refractivity contribution in [3.8, 4) is 28.1 Å². The summed E-state index contributed by atoms with van der Waals surface area (Å²) < 4.78 is 37.8. The summed E-state index contributed by atoms with van der Waals surface area (Å²) >= 11 is 0. The fourth-order valence-corrected chi connectivity index (χ4v) is 7.28. The maximum atomic E-state index is 14.4. The van der Waals surface area contributed by atoms with Crippen LogP contribution in [0.25, 0.3) is 28.5 Å². The fourth-order valence-electron chi connectivity index (χ4n) is 7.28. The van der Waals surface area contributed by atoms with Gasteiger partial charge in [-0.25, -0.2) is 9.18 Å². The maximum absolute atomic E-state index is 14.4. The third-order valence-corrected chi connectivity index (χ3v) is 9.46. The van der Waals surface area contributed by atoms with Gasteiger partial charge in [-0.15, -0.1) is 0 Å². The number of aryl methyl sites for hydroxylation is 1. The highest BCUT2D eigenvalue weighted by Gasteiger charge is 2.36. The quantitative estimate of drug-likeness (QED) is 0.100. The van der Waals surface area contributed by atoms with Gasteiger partial charge in [-0.3, -0.25) is 25.2 Å². The van der Waals surface area contributed by atoms with Crippen LogP contribution in [0.1, 0.15) is 96.0 Å². The van der Waals surface area contributed by atoms with Gasteiger partial charge in [0, 0.05) is 35.4 Å². The van der Waals surface area contributed by atoms with Gasteiger partial charge < -0.3 is 18.9 Å². The first-order valence-corrected chi connectivity index (χ1v) is 18.9. The number of anilines is 1. The van der Waals surface area contributed by atoms with Crippen LogP contribution in [-0.2, 0) is 31.8 Å². The molecular weight excluding hydrogens is 717 g/mol. The molecule has 3 aromatic carbocycles. The number of nitro benzene ring substituents is 1. The molecule has 0 unspecified atom stereocenters. The van der Waals surface area contributed by atoms with E-state index in [1.54, 1.807) is 12.1 Å². The highest BCUT2D eigenvalue weighted by molar-refractivity contribution is 5.90. The number of aromatic nitrogens is 1. The molecule has 11 nitrogen and oxygen atoms in total. The molecule has 4 aromatic rings. The molecule has 1 fully saturated rings. The van der Waals surface area contributed by atoms with Gasteiger partial charge in [0.1, 0.15) is 17.2 Å². The Kier molecular flexibility index (Phi) is 11.7. The Hall–Kier alpha value is -5.46. The molecule has 2 atom stereocenters. The first-order valence-electron chi connectivity index (χ1n) is 18.9. The molecule has 1 aliphatic heterocycles. The Balaban J connectivity index is 1.38. The molecule has 1 amide bonds. The second kappa shape index (κ2) is 16.3. The van der Waals surface area contributed by atoms with Crippen molar-refractivity contribution in [3.63, 3.8) is 0 Å². The van der Waals surface area contributed by atoms with Gasteiger partial charge in [-0.05, 0) is 118 Å². The first-order chi connectivity index (χ1) is 26.4. The standard InChI is InChI=1S/C44H48FN3O8/c1-26(2)40-36(22-21-33-24-34(55-44(6,7)54-33)25-38(49)56-43(3,4)5)39(28-11-14-29(45)15-12-28)35-10-8-9-27-13-16-30(23-37(27)41(35)47-40)46-42(50)53-32-19-17-31(18-20-32)48(51)52/h11-23,26,33-34H,8-10,24-25H2,1-7H3,(H,46,50)/b22-21+/t33-,34-/m1/s1. The molecule has 294 valence electrons. The average molecular weight is 766 g/mol. The first kappa shape index (κ1) is 40.2. The smallest absolute Gasteiger partial charge is 0.417 e. The van der Waals surface area contributed by atoms with E-state index in [9.17, 15) is 24.1 Å². The second-order valence-corrected chi connectivity index (χ2v) is 15.9. The minimum atomic E-state index is -0.948.